The number of benzene rings is 1. The van der Waals surface area contributed by atoms with E-state index in [-0.39, 0.29) is 10.0 Å². The second-order valence-corrected chi connectivity index (χ2v) is 8.46. The standard InChI is InChI=1S/C15H18N2O4S2/c1-15(2,3)21-13(18)11-17(14-16-9-10-22-14)23(19,20)12-7-5-4-6-8-12/h4-10H,11H2,1-3H3. The summed E-state index contributed by atoms with van der Waals surface area (Å²) in [5, 5.41) is 1.87. The van der Waals surface area contributed by atoms with E-state index in [2.05, 4.69) is 4.98 Å². The van der Waals surface area contributed by atoms with Crippen LogP contribution in [-0.4, -0.2) is 31.5 Å². The van der Waals surface area contributed by atoms with Crippen molar-refractivity contribution < 1.29 is 17.9 Å². The second kappa shape index (κ2) is 6.67. The lowest BCUT2D eigenvalue weighted by Crippen LogP contribution is -2.38. The van der Waals surface area contributed by atoms with Gasteiger partial charge in [0, 0.05) is 11.6 Å². The molecule has 0 saturated carbocycles. The van der Waals surface area contributed by atoms with Gasteiger partial charge in [-0.05, 0) is 32.9 Å². The molecule has 0 amide bonds. The summed E-state index contributed by atoms with van der Waals surface area (Å²) in [6.07, 6.45) is 1.49. The van der Waals surface area contributed by atoms with E-state index < -0.39 is 28.1 Å². The summed E-state index contributed by atoms with van der Waals surface area (Å²) in [4.78, 5) is 16.2. The molecular weight excluding hydrogens is 336 g/mol. The van der Waals surface area contributed by atoms with Crippen LogP contribution >= 0.6 is 11.3 Å². The third kappa shape index (κ3) is 4.52. The molecule has 2 rings (SSSR count). The van der Waals surface area contributed by atoms with Crippen molar-refractivity contribution in [3.05, 3.63) is 41.9 Å². The van der Waals surface area contributed by atoms with Crippen LogP contribution in [0.4, 0.5) is 5.13 Å². The predicted molar refractivity (Wildman–Crippen MR) is 88.9 cm³/mol. The highest BCUT2D eigenvalue weighted by Gasteiger charge is 2.30. The molecule has 0 bridgehead atoms. The first-order chi connectivity index (χ1) is 10.7. The van der Waals surface area contributed by atoms with E-state index in [1.54, 1.807) is 44.4 Å². The van der Waals surface area contributed by atoms with Gasteiger partial charge < -0.3 is 4.74 Å². The van der Waals surface area contributed by atoms with Crippen LogP contribution in [0.3, 0.4) is 0 Å². The van der Waals surface area contributed by atoms with Crippen molar-refractivity contribution in [3.63, 3.8) is 0 Å². The van der Waals surface area contributed by atoms with Gasteiger partial charge in [0.1, 0.15) is 12.1 Å². The molecule has 0 aliphatic carbocycles. The van der Waals surface area contributed by atoms with Crippen molar-refractivity contribution in [1.29, 1.82) is 0 Å². The Bertz CT molecular complexity index is 751. The Morgan fingerprint density at radius 2 is 1.91 bits per heavy atom. The van der Waals surface area contributed by atoms with E-state index in [9.17, 15) is 13.2 Å². The molecule has 0 aliphatic heterocycles. The normalized spacial score (nSPS) is 12.0. The largest absolute Gasteiger partial charge is 0.459 e. The quantitative estimate of drug-likeness (QED) is 0.772. The van der Waals surface area contributed by atoms with E-state index in [0.29, 0.717) is 0 Å². The summed E-state index contributed by atoms with van der Waals surface area (Å²) in [5.41, 5.74) is -0.692. The van der Waals surface area contributed by atoms with Gasteiger partial charge in [0.05, 0.1) is 4.90 Å². The van der Waals surface area contributed by atoms with Crippen LogP contribution < -0.4 is 4.31 Å². The summed E-state index contributed by atoms with van der Waals surface area (Å²) in [7, 11) is -3.89. The molecule has 0 unspecified atom stereocenters. The molecule has 0 spiro atoms. The fourth-order valence-electron chi connectivity index (χ4n) is 1.81. The Morgan fingerprint density at radius 3 is 2.43 bits per heavy atom. The first-order valence-electron chi connectivity index (χ1n) is 6.89. The van der Waals surface area contributed by atoms with Crippen molar-refractivity contribution in [2.45, 2.75) is 31.3 Å². The van der Waals surface area contributed by atoms with Crippen LogP contribution in [0.5, 0.6) is 0 Å². The minimum Gasteiger partial charge on any atom is -0.459 e. The number of aromatic nitrogens is 1. The number of hydrogen-bond donors (Lipinski definition) is 0. The summed E-state index contributed by atoms with van der Waals surface area (Å²) in [6.45, 7) is 4.75. The maximum Gasteiger partial charge on any atom is 0.327 e. The fraction of sp³-hybridized carbons (Fsp3) is 0.333. The minimum absolute atomic E-state index is 0.0961. The number of sulfonamides is 1. The number of carbonyl (C=O) groups is 1. The molecule has 2 aromatic rings. The molecule has 0 saturated heterocycles. The molecular formula is C15H18N2O4S2. The molecule has 1 aromatic heterocycles. The number of carbonyl (C=O) groups excluding carboxylic acids is 1. The van der Waals surface area contributed by atoms with E-state index in [0.717, 1.165) is 15.6 Å². The molecule has 0 N–H and O–H groups in total. The average Bonchev–Trinajstić information content (AvgIpc) is 2.97. The molecule has 124 valence electrons. The van der Waals surface area contributed by atoms with Gasteiger partial charge in [-0.25, -0.2) is 17.7 Å². The van der Waals surface area contributed by atoms with Gasteiger partial charge in [0.25, 0.3) is 10.0 Å². The number of nitrogens with zero attached hydrogens (tertiary/aromatic N) is 2. The van der Waals surface area contributed by atoms with Crippen LogP contribution in [0.2, 0.25) is 0 Å². The lowest BCUT2D eigenvalue weighted by molar-refractivity contribution is -0.152. The van der Waals surface area contributed by atoms with E-state index >= 15 is 0 Å². The molecule has 1 aromatic carbocycles. The number of esters is 1. The minimum atomic E-state index is -3.89. The fourth-order valence-corrected chi connectivity index (χ4v) is 4.06. The Balaban J connectivity index is 2.35. The molecule has 0 fully saturated rings. The van der Waals surface area contributed by atoms with Crippen molar-refractivity contribution in [1.82, 2.24) is 4.98 Å². The van der Waals surface area contributed by atoms with Crippen molar-refractivity contribution in [2.24, 2.45) is 0 Å². The van der Waals surface area contributed by atoms with Gasteiger partial charge in [0.2, 0.25) is 0 Å². The third-order valence-corrected chi connectivity index (χ3v) is 5.32. The second-order valence-electron chi connectivity index (χ2n) is 5.73. The SMILES string of the molecule is CC(C)(C)OC(=O)CN(c1nccs1)S(=O)(=O)c1ccccc1. The summed E-state index contributed by atoms with van der Waals surface area (Å²) >= 11 is 1.14. The van der Waals surface area contributed by atoms with Crippen molar-refractivity contribution in [2.75, 3.05) is 10.8 Å². The Kier molecular flexibility index (Phi) is 5.06. The lowest BCUT2D eigenvalue weighted by atomic mass is 10.2. The number of ether oxygens (including phenoxy) is 1. The molecule has 8 heteroatoms. The summed E-state index contributed by atoms with van der Waals surface area (Å²) in [6, 6.07) is 7.93. The number of anilines is 1. The molecule has 23 heavy (non-hydrogen) atoms. The molecule has 0 atom stereocenters. The van der Waals surface area contributed by atoms with Crippen LogP contribution in [-0.2, 0) is 19.6 Å². The lowest BCUT2D eigenvalue weighted by Gasteiger charge is -2.24. The van der Waals surface area contributed by atoms with Crippen LogP contribution in [0.1, 0.15) is 20.8 Å². The van der Waals surface area contributed by atoms with E-state index in [1.165, 1.54) is 18.3 Å². The maximum absolute atomic E-state index is 12.8. The van der Waals surface area contributed by atoms with E-state index in [1.807, 2.05) is 0 Å². The molecule has 6 nitrogen and oxygen atoms in total. The van der Waals surface area contributed by atoms with Crippen LogP contribution in [0.15, 0.2) is 46.8 Å². The van der Waals surface area contributed by atoms with E-state index in [4.69, 9.17) is 4.74 Å². The molecule has 0 radical (unpaired) electrons. The van der Waals surface area contributed by atoms with Crippen molar-refractivity contribution in [3.8, 4) is 0 Å². The monoisotopic (exact) mass is 354 g/mol. The van der Waals surface area contributed by atoms with Gasteiger partial charge in [-0.1, -0.05) is 18.2 Å². The highest BCUT2D eigenvalue weighted by Crippen LogP contribution is 2.25. The summed E-state index contributed by atoms with van der Waals surface area (Å²) in [5.74, 6) is -0.632. The van der Waals surface area contributed by atoms with Crippen LogP contribution in [0, 0.1) is 0 Å². The highest BCUT2D eigenvalue weighted by atomic mass is 32.2. The Hall–Kier alpha value is -1.93. The zero-order chi connectivity index (χ0) is 17.1. The smallest absolute Gasteiger partial charge is 0.327 e. The number of hydrogen-bond acceptors (Lipinski definition) is 6. The number of thiazole rings is 1. The van der Waals surface area contributed by atoms with Gasteiger partial charge in [-0.3, -0.25) is 4.79 Å². The van der Waals surface area contributed by atoms with Gasteiger partial charge in [0.15, 0.2) is 5.13 Å². The Labute approximate surface area is 139 Å². The molecule has 1 heterocycles. The van der Waals surface area contributed by atoms with Gasteiger partial charge in [-0.15, -0.1) is 11.3 Å². The zero-order valence-electron chi connectivity index (χ0n) is 13.1. The third-order valence-electron chi connectivity index (χ3n) is 2.66. The topological polar surface area (TPSA) is 76.6 Å². The van der Waals surface area contributed by atoms with Gasteiger partial charge in [-0.2, -0.15) is 0 Å². The van der Waals surface area contributed by atoms with Gasteiger partial charge >= 0.3 is 5.97 Å². The molecule has 0 aliphatic rings. The first kappa shape index (κ1) is 17.4. The first-order valence-corrected chi connectivity index (χ1v) is 9.21. The zero-order valence-corrected chi connectivity index (χ0v) is 14.7. The highest BCUT2D eigenvalue weighted by molar-refractivity contribution is 7.93. The number of rotatable bonds is 5. The predicted octanol–water partition coefficient (Wildman–Crippen LogP) is 2.68. The Morgan fingerprint density at radius 1 is 1.26 bits per heavy atom. The average molecular weight is 354 g/mol. The van der Waals surface area contributed by atoms with Crippen LogP contribution in [0.25, 0.3) is 0 Å². The maximum atomic E-state index is 12.8. The van der Waals surface area contributed by atoms with Crippen molar-refractivity contribution >= 4 is 32.5 Å². The summed E-state index contributed by atoms with van der Waals surface area (Å²) < 4.78 is 31.8.